The van der Waals surface area contributed by atoms with E-state index in [9.17, 15) is 4.79 Å². The summed E-state index contributed by atoms with van der Waals surface area (Å²) >= 11 is 1.60. The van der Waals surface area contributed by atoms with Gasteiger partial charge in [-0.2, -0.15) is 0 Å². The number of benzene rings is 1. The van der Waals surface area contributed by atoms with E-state index < -0.39 is 0 Å². The maximum absolute atomic E-state index is 13.0. The molecule has 0 saturated carbocycles. The van der Waals surface area contributed by atoms with Gasteiger partial charge >= 0.3 is 0 Å². The predicted molar refractivity (Wildman–Crippen MR) is 101 cm³/mol. The molecule has 3 aromatic rings. The number of ether oxygens (including phenoxy) is 1. The Morgan fingerprint density at radius 2 is 2.16 bits per heavy atom. The van der Waals surface area contributed by atoms with Gasteiger partial charge in [-0.1, -0.05) is 19.1 Å². The molecular weight excluding hydrogens is 336 g/mol. The molecule has 0 aliphatic carbocycles. The number of rotatable bonds is 3. The van der Waals surface area contributed by atoms with Crippen molar-refractivity contribution >= 4 is 21.6 Å². The standard InChI is InChI=1S/C18H20N4O2S/c1-3-21-9-8-12-14(10-21)25-17-15(12)18(23)22(19)16(20-17)11-6-4-5-7-13(11)24-2/h4-7H,3,8-10,19H2,1-2H3. The van der Waals surface area contributed by atoms with Gasteiger partial charge in [-0.15, -0.1) is 11.3 Å². The number of methoxy groups -OCH3 is 1. The monoisotopic (exact) mass is 356 g/mol. The highest BCUT2D eigenvalue weighted by atomic mass is 32.1. The van der Waals surface area contributed by atoms with E-state index in [1.54, 1.807) is 18.4 Å². The first-order valence-electron chi connectivity index (χ1n) is 8.32. The molecule has 0 bridgehead atoms. The molecule has 1 aliphatic rings. The van der Waals surface area contributed by atoms with E-state index in [1.165, 1.54) is 4.88 Å². The van der Waals surface area contributed by atoms with Crippen LogP contribution in [0.1, 0.15) is 17.4 Å². The fourth-order valence-electron chi connectivity index (χ4n) is 3.40. The van der Waals surface area contributed by atoms with Gasteiger partial charge in [0.05, 0.1) is 18.1 Å². The van der Waals surface area contributed by atoms with Crippen molar-refractivity contribution in [3.63, 3.8) is 0 Å². The third-order valence-corrected chi connectivity index (χ3v) is 5.89. The first-order valence-corrected chi connectivity index (χ1v) is 9.13. The molecule has 0 spiro atoms. The summed E-state index contributed by atoms with van der Waals surface area (Å²) in [5.41, 5.74) is 1.65. The highest BCUT2D eigenvalue weighted by molar-refractivity contribution is 7.18. The van der Waals surface area contributed by atoms with Crippen molar-refractivity contribution < 1.29 is 4.74 Å². The van der Waals surface area contributed by atoms with Crippen LogP contribution in [-0.4, -0.2) is 34.8 Å². The summed E-state index contributed by atoms with van der Waals surface area (Å²) in [5, 5.41) is 0.678. The van der Waals surface area contributed by atoms with Crippen LogP contribution in [-0.2, 0) is 13.0 Å². The first kappa shape index (κ1) is 16.1. The van der Waals surface area contributed by atoms with E-state index in [4.69, 9.17) is 15.6 Å². The van der Waals surface area contributed by atoms with E-state index in [0.29, 0.717) is 22.5 Å². The lowest BCUT2D eigenvalue weighted by atomic mass is 10.1. The van der Waals surface area contributed by atoms with Crippen LogP contribution in [0.25, 0.3) is 21.6 Å². The molecule has 0 radical (unpaired) electrons. The Balaban J connectivity index is 1.95. The number of aromatic nitrogens is 2. The Labute approximate surface area is 149 Å². The number of nitrogen functional groups attached to an aromatic ring is 1. The first-order chi connectivity index (χ1) is 12.1. The third kappa shape index (κ3) is 2.51. The zero-order valence-electron chi connectivity index (χ0n) is 14.3. The van der Waals surface area contributed by atoms with Crippen molar-refractivity contribution in [1.29, 1.82) is 0 Å². The van der Waals surface area contributed by atoms with Crippen LogP contribution in [0.2, 0.25) is 0 Å². The second kappa shape index (κ2) is 6.16. The fraction of sp³-hybridized carbons (Fsp3) is 0.333. The number of likely N-dealkylation sites (N-methyl/N-ethyl adjacent to an activating group) is 1. The van der Waals surface area contributed by atoms with Crippen molar-refractivity contribution in [2.24, 2.45) is 0 Å². The molecule has 1 aromatic carbocycles. The number of fused-ring (bicyclic) bond motifs is 3. The summed E-state index contributed by atoms with van der Waals surface area (Å²) in [6.07, 6.45) is 0.869. The predicted octanol–water partition coefficient (Wildman–Crippen LogP) is 2.23. The fourth-order valence-corrected chi connectivity index (χ4v) is 4.65. The van der Waals surface area contributed by atoms with Gasteiger partial charge in [0.2, 0.25) is 0 Å². The molecule has 2 aromatic heterocycles. The second-order valence-electron chi connectivity index (χ2n) is 6.11. The minimum atomic E-state index is -0.187. The van der Waals surface area contributed by atoms with Crippen LogP contribution >= 0.6 is 11.3 Å². The summed E-state index contributed by atoms with van der Waals surface area (Å²) < 4.78 is 6.55. The molecule has 0 fully saturated rings. The molecule has 25 heavy (non-hydrogen) atoms. The Hall–Kier alpha value is -2.38. The zero-order valence-corrected chi connectivity index (χ0v) is 15.1. The molecule has 3 heterocycles. The van der Waals surface area contributed by atoms with E-state index in [2.05, 4.69) is 11.8 Å². The van der Waals surface area contributed by atoms with Gasteiger partial charge in [-0.3, -0.25) is 9.69 Å². The van der Waals surface area contributed by atoms with Crippen molar-refractivity contribution in [3.05, 3.63) is 45.1 Å². The van der Waals surface area contributed by atoms with Gasteiger partial charge < -0.3 is 10.6 Å². The van der Waals surface area contributed by atoms with Gasteiger partial charge in [-0.25, -0.2) is 9.66 Å². The maximum atomic E-state index is 13.0. The minimum Gasteiger partial charge on any atom is -0.496 e. The van der Waals surface area contributed by atoms with Crippen LogP contribution in [0.5, 0.6) is 5.75 Å². The topological polar surface area (TPSA) is 73.4 Å². The minimum absolute atomic E-state index is 0.187. The molecule has 0 atom stereocenters. The molecule has 4 rings (SSSR count). The van der Waals surface area contributed by atoms with E-state index in [1.807, 2.05) is 24.3 Å². The van der Waals surface area contributed by atoms with Crippen molar-refractivity contribution in [2.75, 3.05) is 26.0 Å². The largest absolute Gasteiger partial charge is 0.496 e. The van der Waals surface area contributed by atoms with Crippen molar-refractivity contribution in [1.82, 2.24) is 14.6 Å². The Bertz CT molecular complexity index is 1010. The molecule has 130 valence electrons. The number of nitrogens with two attached hydrogens (primary N) is 1. The van der Waals surface area contributed by atoms with Gasteiger partial charge in [-0.05, 0) is 30.7 Å². The molecule has 0 unspecified atom stereocenters. The van der Waals surface area contributed by atoms with Crippen LogP contribution in [0.4, 0.5) is 0 Å². The normalized spacial score (nSPS) is 14.6. The molecule has 0 saturated heterocycles. The lowest BCUT2D eigenvalue weighted by Crippen LogP contribution is -2.32. The van der Waals surface area contributed by atoms with Crippen molar-refractivity contribution in [2.45, 2.75) is 19.9 Å². The van der Waals surface area contributed by atoms with E-state index in [-0.39, 0.29) is 5.56 Å². The molecular formula is C18H20N4O2S. The number of para-hydroxylation sites is 1. The van der Waals surface area contributed by atoms with E-state index in [0.717, 1.165) is 41.1 Å². The quantitative estimate of drug-likeness (QED) is 0.729. The summed E-state index contributed by atoms with van der Waals surface area (Å²) in [4.78, 5) is 22.0. The molecule has 1 aliphatic heterocycles. The van der Waals surface area contributed by atoms with Crippen LogP contribution in [0, 0.1) is 0 Å². The lowest BCUT2D eigenvalue weighted by Gasteiger charge is -2.24. The summed E-state index contributed by atoms with van der Waals surface area (Å²) in [6, 6.07) is 7.46. The average Bonchev–Trinajstić information content (AvgIpc) is 3.02. The zero-order chi connectivity index (χ0) is 17.6. The van der Waals surface area contributed by atoms with Crippen LogP contribution in [0.3, 0.4) is 0 Å². The number of nitrogens with zero attached hydrogens (tertiary/aromatic N) is 3. The third-order valence-electron chi connectivity index (χ3n) is 4.78. The highest BCUT2D eigenvalue weighted by Gasteiger charge is 2.25. The summed E-state index contributed by atoms with van der Waals surface area (Å²) in [6.45, 7) is 5.01. The lowest BCUT2D eigenvalue weighted by molar-refractivity contribution is 0.272. The molecule has 7 heteroatoms. The molecule has 6 nitrogen and oxygen atoms in total. The Morgan fingerprint density at radius 1 is 1.36 bits per heavy atom. The van der Waals surface area contributed by atoms with Crippen molar-refractivity contribution in [3.8, 4) is 17.1 Å². The Kier molecular flexibility index (Phi) is 3.97. The summed E-state index contributed by atoms with van der Waals surface area (Å²) in [7, 11) is 1.60. The average molecular weight is 356 g/mol. The molecule has 0 amide bonds. The van der Waals surface area contributed by atoms with Crippen LogP contribution < -0.4 is 16.1 Å². The number of thiophene rings is 1. The van der Waals surface area contributed by atoms with Crippen LogP contribution in [0.15, 0.2) is 29.1 Å². The second-order valence-corrected chi connectivity index (χ2v) is 7.20. The number of hydrogen-bond acceptors (Lipinski definition) is 6. The SMILES string of the molecule is CCN1CCc2c(sc3nc(-c4ccccc4OC)n(N)c(=O)c23)C1. The number of hydrogen-bond donors (Lipinski definition) is 1. The highest BCUT2D eigenvalue weighted by Crippen LogP contribution is 2.34. The van der Waals surface area contributed by atoms with Gasteiger partial charge in [0.1, 0.15) is 10.6 Å². The smallest absolute Gasteiger partial charge is 0.281 e. The summed E-state index contributed by atoms with van der Waals surface area (Å²) in [5.74, 6) is 7.21. The van der Waals surface area contributed by atoms with Gasteiger partial charge in [0.25, 0.3) is 5.56 Å². The van der Waals surface area contributed by atoms with E-state index >= 15 is 0 Å². The molecule has 2 N–H and O–H groups in total. The Morgan fingerprint density at radius 3 is 2.92 bits per heavy atom. The maximum Gasteiger partial charge on any atom is 0.281 e. The van der Waals surface area contributed by atoms with Gasteiger partial charge in [0, 0.05) is 18.0 Å². The van der Waals surface area contributed by atoms with Gasteiger partial charge in [0.15, 0.2) is 5.82 Å².